The molecule has 25 heavy (non-hydrogen) atoms. The summed E-state index contributed by atoms with van der Waals surface area (Å²) in [6.07, 6.45) is 2.64. The van der Waals surface area contributed by atoms with E-state index in [4.69, 9.17) is 13.9 Å². The summed E-state index contributed by atoms with van der Waals surface area (Å²) in [6.45, 7) is 13.7. The largest absolute Gasteiger partial charge is 0.468 e. The van der Waals surface area contributed by atoms with E-state index in [1.807, 2.05) is 13.1 Å². The van der Waals surface area contributed by atoms with Crippen LogP contribution in [0.3, 0.4) is 0 Å². The minimum absolute atomic E-state index is 0.0270. The highest BCUT2D eigenvalue weighted by molar-refractivity contribution is 6.74. The molecule has 1 rings (SSSR count). The van der Waals surface area contributed by atoms with Gasteiger partial charge in [0.2, 0.25) is 5.41 Å². The van der Waals surface area contributed by atoms with E-state index in [2.05, 4.69) is 27.4 Å². The molecule has 0 saturated heterocycles. The average molecular weight is 371 g/mol. The Morgan fingerprint density at radius 1 is 1.36 bits per heavy atom. The fourth-order valence-corrected chi connectivity index (χ4v) is 3.78. The van der Waals surface area contributed by atoms with Gasteiger partial charge in [-0.3, -0.25) is 9.59 Å². The molecular weight excluding hydrogens is 340 g/mol. The summed E-state index contributed by atoms with van der Waals surface area (Å²) in [5.74, 6) is -1.51. The van der Waals surface area contributed by atoms with E-state index in [-0.39, 0.29) is 18.1 Å². The van der Waals surface area contributed by atoms with Crippen LogP contribution in [0.2, 0.25) is 18.1 Å². The van der Waals surface area contributed by atoms with Gasteiger partial charge in [0.1, 0.15) is 6.61 Å². The Bertz CT molecular complexity index is 548. The SMILES string of the molecule is C=CCOC(=O)C1(C(=O)OC)C=C[C@@H](O)C[C@@H]1O[Si](C)(C)C(C)(C)C. The normalized spacial score (nSPS) is 26.8. The number of carbonyl (C=O) groups excluding carboxylic acids is 2. The predicted molar refractivity (Wildman–Crippen MR) is 97.4 cm³/mol. The summed E-state index contributed by atoms with van der Waals surface area (Å²) < 4.78 is 16.4. The maximum absolute atomic E-state index is 12.8. The highest BCUT2D eigenvalue weighted by atomic mass is 28.4. The Labute approximate surface area is 151 Å². The first-order chi connectivity index (χ1) is 11.4. The molecule has 142 valence electrons. The number of aliphatic hydroxyl groups excluding tert-OH is 1. The lowest BCUT2D eigenvalue weighted by Crippen LogP contribution is -2.57. The molecule has 7 heteroatoms. The molecule has 0 saturated carbocycles. The van der Waals surface area contributed by atoms with Crippen LogP contribution >= 0.6 is 0 Å². The third-order valence-electron chi connectivity index (χ3n) is 4.98. The van der Waals surface area contributed by atoms with Crippen molar-refractivity contribution in [2.45, 2.75) is 57.5 Å². The molecule has 1 aliphatic carbocycles. The van der Waals surface area contributed by atoms with Crippen molar-refractivity contribution in [3.05, 3.63) is 24.8 Å². The molecule has 0 heterocycles. The number of rotatable bonds is 6. The van der Waals surface area contributed by atoms with Crippen molar-refractivity contribution in [2.75, 3.05) is 13.7 Å². The van der Waals surface area contributed by atoms with E-state index in [1.165, 1.54) is 25.3 Å². The summed E-state index contributed by atoms with van der Waals surface area (Å²) >= 11 is 0. The lowest BCUT2D eigenvalue weighted by atomic mass is 9.75. The molecule has 3 atom stereocenters. The summed E-state index contributed by atoms with van der Waals surface area (Å²) in [5.41, 5.74) is -1.73. The van der Waals surface area contributed by atoms with Crippen molar-refractivity contribution < 1.29 is 28.6 Å². The summed E-state index contributed by atoms with van der Waals surface area (Å²) in [7, 11) is -1.11. The number of esters is 2. The number of methoxy groups -OCH3 is 1. The van der Waals surface area contributed by atoms with Gasteiger partial charge in [-0.25, -0.2) is 0 Å². The quantitative estimate of drug-likeness (QED) is 0.335. The van der Waals surface area contributed by atoms with Crippen molar-refractivity contribution in [2.24, 2.45) is 5.41 Å². The third-order valence-corrected chi connectivity index (χ3v) is 9.47. The van der Waals surface area contributed by atoms with Gasteiger partial charge in [0.15, 0.2) is 8.32 Å². The van der Waals surface area contributed by atoms with Gasteiger partial charge < -0.3 is 19.0 Å². The summed E-state index contributed by atoms with van der Waals surface area (Å²) in [4.78, 5) is 25.4. The molecule has 0 aliphatic heterocycles. The van der Waals surface area contributed by atoms with Crippen molar-refractivity contribution in [1.29, 1.82) is 0 Å². The van der Waals surface area contributed by atoms with Crippen LogP contribution < -0.4 is 0 Å². The molecule has 0 aromatic carbocycles. The van der Waals surface area contributed by atoms with Crippen LogP contribution in [0.25, 0.3) is 0 Å². The zero-order valence-corrected chi connectivity index (χ0v) is 17.0. The predicted octanol–water partition coefficient (Wildman–Crippen LogP) is 2.59. The standard InChI is InChI=1S/C18H30O6Si/c1-8-11-23-16(21)18(15(20)22-5)10-9-13(19)12-14(18)24-25(6,7)17(2,3)4/h8-10,13-14,19H,1,11-12H2,2-7H3/t13-,14+,18?/m1/s1. The molecule has 0 bridgehead atoms. The van der Waals surface area contributed by atoms with Gasteiger partial charge >= 0.3 is 11.9 Å². The Hall–Kier alpha value is -1.44. The molecular formula is C18H30O6Si. The van der Waals surface area contributed by atoms with Gasteiger partial charge in [-0.1, -0.05) is 45.6 Å². The van der Waals surface area contributed by atoms with Crippen LogP contribution in [0, 0.1) is 5.41 Å². The van der Waals surface area contributed by atoms with Crippen molar-refractivity contribution >= 4 is 20.3 Å². The van der Waals surface area contributed by atoms with E-state index in [0.717, 1.165) is 0 Å². The second kappa shape index (κ2) is 7.84. The summed E-state index contributed by atoms with van der Waals surface area (Å²) in [6, 6.07) is 0. The maximum Gasteiger partial charge on any atom is 0.330 e. The van der Waals surface area contributed by atoms with Crippen molar-refractivity contribution in [3.63, 3.8) is 0 Å². The topological polar surface area (TPSA) is 82.1 Å². The zero-order valence-electron chi connectivity index (χ0n) is 16.0. The number of ether oxygens (including phenoxy) is 2. The molecule has 1 unspecified atom stereocenters. The molecule has 1 aliphatic rings. The van der Waals surface area contributed by atoms with Gasteiger partial charge in [-0.2, -0.15) is 0 Å². The second-order valence-corrected chi connectivity index (χ2v) is 12.5. The zero-order chi connectivity index (χ0) is 19.5. The fraction of sp³-hybridized carbons (Fsp3) is 0.667. The molecule has 0 radical (unpaired) electrons. The van der Waals surface area contributed by atoms with Crippen molar-refractivity contribution in [3.8, 4) is 0 Å². The van der Waals surface area contributed by atoms with Gasteiger partial charge in [-0.05, 0) is 18.1 Å². The molecule has 0 amide bonds. The molecule has 6 nitrogen and oxygen atoms in total. The highest BCUT2D eigenvalue weighted by Gasteiger charge is 2.57. The van der Waals surface area contributed by atoms with Crippen LogP contribution in [-0.2, 0) is 23.5 Å². The van der Waals surface area contributed by atoms with Gasteiger partial charge in [0, 0.05) is 6.42 Å². The van der Waals surface area contributed by atoms with E-state index < -0.39 is 37.9 Å². The smallest absolute Gasteiger partial charge is 0.330 e. The van der Waals surface area contributed by atoms with E-state index in [9.17, 15) is 14.7 Å². The third kappa shape index (κ3) is 4.40. The van der Waals surface area contributed by atoms with E-state index >= 15 is 0 Å². The van der Waals surface area contributed by atoms with Crippen LogP contribution in [0.1, 0.15) is 27.2 Å². The Kier molecular flexibility index (Phi) is 6.78. The Balaban J connectivity index is 3.37. The van der Waals surface area contributed by atoms with Gasteiger partial charge in [0.25, 0.3) is 0 Å². The van der Waals surface area contributed by atoms with Crippen LogP contribution in [0.4, 0.5) is 0 Å². The molecule has 0 aromatic rings. The highest BCUT2D eigenvalue weighted by Crippen LogP contribution is 2.43. The minimum atomic E-state index is -2.33. The first-order valence-electron chi connectivity index (χ1n) is 8.34. The molecule has 1 N–H and O–H groups in total. The number of hydrogen-bond donors (Lipinski definition) is 1. The van der Waals surface area contributed by atoms with Crippen LogP contribution in [0.15, 0.2) is 24.8 Å². The van der Waals surface area contributed by atoms with Crippen LogP contribution in [-0.4, -0.2) is 51.3 Å². The van der Waals surface area contributed by atoms with E-state index in [1.54, 1.807) is 0 Å². The fourth-order valence-electron chi connectivity index (χ4n) is 2.43. The first-order valence-corrected chi connectivity index (χ1v) is 11.2. The minimum Gasteiger partial charge on any atom is -0.468 e. The second-order valence-electron chi connectivity index (χ2n) is 7.78. The van der Waals surface area contributed by atoms with Gasteiger partial charge in [0.05, 0.1) is 19.3 Å². The molecule has 0 fully saturated rings. The maximum atomic E-state index is 12.8. The number of hydrogen-bond acceptors (Lipinski definition) is 6. The van der Waals surface area contributed by atoms with Crippen molar-refractivity contribution in [1.82, 2.24) is 0 Å². The van der Waals surface area contributed by atoms with E-state index in [0.29, 0.717) is 0 Å². The summed E-state index contributed by atoms with van der Waals surface area (Å²) in [5, 5.41) is 9.92. The lowest BCUT2D eigenvalue weighted by Gasteiger charge is -2.45. The number of carbonyl (C=O) groups is 2. The van der Waals surface area contributed by atoms with Crippen LogP contribution in [0.5, 0.6) is 0 Å². The Morgan fingerprint density at radius 2 is 1.96 bits per heavy atom. The lowest BCUT2D eigenvalue weighted by molar-refractivity contribution is -0.174. The number of aliphatic hydroxyl groups is 1. The monoisotopic (exact) mass is 370 g/mol. The average Bonchev–Trinajstić information content (AvgIpc) is 2.51. The molecule has 0 aromatic heterocycles. The molecule has 0 spiro atoms. The Morgan fingerprint density at radius 3 is 2.44 bits per heavy atom. The first kappa shape index (κ1) is 21.6. The van der Waals surface area contributed by atoms with Gasteiger partial charge in [-0.15, -0.1) is 0 Å².